The molecule has 0 aliphatic rings. The van der Waals surface area contributed by atoms with Gasteiger partial charge in [0, 0.05) is 25.2 Å². The fraction of sp³-hybridized carbons (Fsp3) is 0.118. The molecule has 0 fully saturated rings. The standard InChI is InChI=1S/C17H14ClN5O4/c1-22-14-13(16(26)23(2)17(22)27)11(7-12(24)20-14)15(25)21-19-8-9-4-3-5-10(18)6-9/h3-8H,1-2H3,(H,20,24)(H,21,25)/b19-8-. The highest BCUT2D eigenvalue weighted by Gasteiger charge is 2.18. The Labute approximate surface area is 156 Å². The first kappa shape index (κ1) is 18.3. The lowest BCUT2D eigenvalue weighted by Crippen LogP contribution is -2.39. The first-order chi connectivity index (χ1) is 12.8. The molecule has 27 heavy (non-hydrogen) atoms. The van der Waals surface area contributed by atoms with Crippen molar-refractivity contribution in [3.8, 4) is 0 Å². The largest absolute Gasteiger partial charge is 0.332 e. The van der Waals surface area contributed by atoms with E-state index >= 15 is 0 Å². The van der Waals surface area contributed by atoms with Gasteiger partial charge < -0.3 is 4.98 Å². The van der Waals surface area contributed by atoms with Crippen molar-refractivity contribution in [3.63, 3.8) is 0 Å². The number of hydrogen-bond acceptors (Lipinski definition) is 5. The molecule has 138 valence electrons. The zero-order chi connectivity index (χ0) is 19.7. The predicted octanol–water partition coefficient (Wildman–Crippen LogP) is 0.343. The van der Waals surface area contributed by atoms with Gasteiger partial charge in [-0.25, -0.2) is 10.2 Å². The maximum atomic E-state index is 12.5. The topological polar surface area (TPSA) is 118 Å². The number of aryl methyl sites for hydroxylation is 1. The number of nitrogens with zero attached hydrogens (tertiary/aromatic N) is 3. The Morgan fingerprint density at radius 3 is 2.63 bits per heavy atom. The van der Waals surface area contributed by atoms with Gasteiger partial charge in [-0.2, -0.15) is 5.10 Å². The Balaban J connectivity index is 2.06. The van der Waals surface area contributed by atoms with Gasteiger partial charge in [0.15, 0.2) is 0 Å². The van der Waals surface area contributed by atoms with E-state index in [0.717, 1.165) is 15.2 Å². The highest BCUT2D eigenvalue weighted by Crippen LogP contribution is 2.10. The van der Waals surface area contributed by atoms with Crippen LogP contribution in [0.3, 0.4) is 0 Å². The summed E-state index contributed by atoms with van der Waals surface area (Å²) in [7, 11) is 2.67. The first-order valence-electron chi connectivity index (χ1n) is 7.71. The van der Waals surface area contributed by atoms with Crippen LogP contribution in [-0.2, 0) is 14.1 Å². The van der Waals surface area contributed by atoms with E-state index in [9.17, 15) is 19.2 Å². The lowest BCUT2D eigenvalue weighted by atomic mass is 10.1. The number of carbonyl (C=O) groups excluding carboxylic acids is 1. The van der Waals surface area contributed by atoms with Gasteiger partial charge in [-0.1, -0.05) is 23.7 Å². The minimum atomic E-state index is -0.764. The van der Waals surface area contributed by atoms with Gasteiger partial charge in [0.2, 0.25) is 5.56 Å². The summed E-state index contributed by atoms with van der Waals surface area (Å²) in [5.41, 5.74) is 0.731. The van der Waals surface area contributed by atoms with E-state index < -0.39 is 22.7 Å². The number of H-pyrrole nitrogens is 1. The zero-order valence-electron chi connectivity index (χ0n) is 14.3. The van der Waals surface area contributed by atoms with Gasteiger partial charge in [0.1, 0.15) is 5.65 Å². The number of aromatic amines is 1. The number of fused-ring (bicyclic) bond motifs is 1. The van der Waals surface area contributed by atoms with Gasteiger partial charge in [-0.3, -0.25) is 23.5 Å². The summed E-state index contributed by atoms with van der Waals surface area (Å²) < 4.78 is 1.94. The second-order valence-electron chi connectivity index (χ2n) is 5.73. The quantitative estimate of drug-likeness (QED) is 0.497. The molecule has 1 amide bonds. The van der Waals surface area contributed by atoms with Crippen molar-refractivity contribution in [2.45, 2.75) is 0 Å². The Hall–Kier alpha value is -3.46. The van der Waals surface area contributed by atoms with E-state index in [2.05, 4.69) is 15.5 Å². The molecule has 9 nitrogen and oxygen atoms in total. The maximum absolute atomic E-state index is 12.5. The minimum Gasteiger partial charge on any atom is -0.308 e. The summed E-state index contributed by atoms with van der Waals surface area (Å²) in [6.45, 7) is 0. The molecule has 0 unspecified atom stereocenters. The summed E-state index contributed by atoms with van der Waals surface area (Å²) in [6, 6.07) is 7.78. The summed E-state index contributed by atoms with van der Waals surface area (Å²) in [6.07, 6.45) is 1.37. The highest BCUT2D eigenvalue weighted by molar-refractivity contribution is 6.30. The number of halogens is 1. The number of nitrogens with one attached hydrogen (secondary N) is 2. The summed E-state index contributed by atoms with van der Waals surface area (Å²) in [5, 5.41) is 4.24. The van der Waals surface area contributed by atoms with Crippen molar-refractivity contribution in [2.24, 2.45) is 19.2 Å². The van der Waals surface area contributed by atoms with Gasteiger partial charge in [0.25, 0.3) is 11.5 Å². The predicted molar refractivity (Wildman–Crippen MR) is 102 cm³/mol. The van der Waals surface area contributed by atoms with Crippen molar-refractivity contribution in [2.75, 3.05) is 0 Å². The Kier molecular flexibility index (Phi) is 4.78. The molecule has 2 N–H and O–H groups in total. The molecule has 2 aromatic heterocycles. The summed E-state index contributed by atoms with van der Waals surface area (Å²) in [5.74, 6) is -0.764. The van der Waals surface area contributed by atoms with E-state index in [-0.39, 0.29) is 16.6 Å². The second kappa shape index (κ2) is 7.04. The Bertz CT molecular complexity index is 1270. The third-order valence-electron chi connectivity index (χ3n) is 3.92. The Morgan fingerprint density at radius 1 is 1.19 bits per heavy atom. The van der Waals surface area contributed by atoms with Crippen LogP contribution >= 0.6 is 11.6 Å². The van der Waals surface area contributed by atoms with Crippen LogP contribution in [0.2, 0.25) is 5.02 Å². The van der Waals surface area contributed by atoms with Gasteiger partial charge in [-0.15, -0.1) is 0 Å². The molecule has 0 spiro atoms. The van der Waals surface area contributed by atoms with Crippen LogP contribution in [0.4, 0.5) is 0 Å². The average molecular weight is 388 g/mol. The van der Waals surface area contributed by atoms with Gasteiger partial charge in [-0.05, 0) is 17.7 Å². The van der Waals surface area contributed by atoms with E-state index in [1.54, 1.807) is 24.3 Å². The molecule has 2 heterocycles. The molecule has 0 bridgehead atoms. The van der Waals surface area contributed by atoms with E-state index in [1.165, 1.54) is 20.3 Å². The van der Waals surface area contributed by atoms with Crippen LogP contribution in [0, 0.1) is 0 Å². The van der Waals surface area contributed by atoms with Crippen molar-refractivity contribution in [1.29, 1.82) is 0 Å². The maximum Gasteiger partial charge on any atom is 0.332 e. The normalized spacial score (nSPS) is 11.2. The van der Waals surface area contributed by atoms with Crippen molar-refractivity contribution in [1.82, 2.24) is 19.5 Å². The van der Waals surface area contributed by atoms with Crippen LogP contribution < -0.4 is 22.2 Å². The second-order valence-corrected chi connectivity index (χ2v) is 6.17. The monoisotopic (exact) mass is 387 g/mol. The molecule has 3 rings (SSSR count). The lowest BCUT2D eigenvalue weighted by molar-refractivity contribution is 0.0956. The molecule has 10 heteroatoms. The molecule has 0 aliphatic carbocycles. The minimum absolute atomic E-state index is 0.0421. The van der Waals surface area contributed by atoms with E-state index in [1.807, 2.05) is 0 Å². The van der Waals surface area contributed by atoms with Crippen molar-refractivity contribution < 1.29 is 4.79 Å². The number of hydrazone groups is 1. The van der Waals surface area contributed by atoms with E-state index in [0.29, 0.717) is 10.6 Å². The molecular formula is C17H14ClN5O4. The lowest BCUT2D eigenvalue weighted by Gasteiger charge is -2.09. The molecule has 1 aromatic carbocycles. The SMILES string of the molecule is Cn1c(=O)c2c(C(=O)N/N=C\c3cccc(Cl)c3)cc(=O)[nH]c2n(C)c1=O. The molecule has 0 radical (unpaired) electrons. The fourth-order valence-electron chi connectivity index (χ4n) is 2.58. The number of pyridine rings is 1. The highest BCUT2D eigenvalue weighted by atomic mass is 35.5. The molecule has 3 aromatic rings. The van der Waals surface area contributed by atoms with Crippen LogP contribution in [0.1, 0.15) is 15.9 Å². The summed E-state index contributed by atoms with van der Waals surface area (Å²) in [4.78, 5) is 51.3. The fourth-order valence-corrected chi connectivity index (χ4v) is 2.78. The molecular weight excluding hydrogens is 374 g/mol. The average Bonchev–Trinajstić information content (AvgIpc) is 2.64. The smallest absolute Gasteiger partial charge is 0.308 e. The van der Waals surface area contributed by atoms with Crippen LogP contribution in [0.15, 0.2) is 49.8 Å². The van der Waals surface area contributed by atoms with E-state index in [4.69, 9.17) is 11.6 Å². The number of rotatable bonds is 3. The number of hydrogen-bond donors (Lipinski definition) is 2. The summed E-state index contributed by atoms with van der Waals surface area (Å²) >= 11 is 5.87. The van der Waals surface area contributed by atoms with Crippen LogP contribution in [0.5, 0.6) is 0 Å². The van der Waals surface area contributed by atoms with Gasteiger partial charge in [0.05, 0.1) is 17.2 Å². The van der Waals surface area contributed by atoms with Crippen LogP contribution in [-0.4, -0.2) is 26.2 Å². The number of amides is 1. The number of benzene rings is 1. The third-order valence-corrected chi connectivity index (χ3v) is 4.16. The van der Waals surface area contributed by atoms with Crippen molar-refractivity contribution in [3.05, 3.63) is 77.7 Å². The molecule has 0 aliphatic heterocycles. The zero-order valence-corrected chi connectivity index (χ0v) is 15.1. The number of aromatic nitrogens is 3. The third kappa shape index (κ3) is 3.44. The number of carbonyl (C=O) groups is 1. The van der Waals surface area contributed by atoms with Crippen LogP contribution in [0.25, 0.3) is 11.0 Å². The molecule has 0 atom stereocenters. The van der Waals surface area contributed by atoms with Crippen molar-refractivity contribution >= 4 is 34.8 Å². The Morgan fingerprint density at radius 2 is 1.93 bits per heavy atom. The van der Waals surface area contributed by atoms with Gasteiger partial charge >= 0.3 is 5.69 Å². The molecule has 0 saturated carbocycles. The molecule has 0 saturated heterocycles. The first-order valence-corrected chi connectivity index (χ1v) is 8.09.